The molecule has 1 aliphatic heterocycles. The van der Waals surface area contributed by atoms with Crippen molar-refractivity contribution in [2.75, 3.05) is 26.2 Å². The number of nitrogens with zero attached hydrogens (tertiary/aromatic N) is 2. The van der Waals surface area contributed by atoms with Gasteiger partial charge >= 0.3 is 5.97 Å². The van der Waals surface area contributed by atoms with Gasteiger partial charge < -0.3 is 10.0 Å². The Kier molecular flexibility index (Phi) is 6.67. The molecule has 0 bridgehead atoms. The maximum absolute atomic E-state index is 12.7. The number of carbonyl (C=O) groups excluding carboxylic acids is 1. The van der Waals surface area contributed by atoms with Crippen molar-refractivity contribution in [1.82, 2.24) is 9.80 Å². The van der Waals surface area contributed by atoms with E-state index in [1.807, 2.05) is 16.7 Å². The number of rotatable bonds is 6. The van der Waals surface area contributed by atoms with Crippen LogP contribution in [-0.4, -0.2) is 59.0 Å². The van der Waals surface area contributed by atoms with E-state index in [1.165, 1.54) is 25.7 Å². The summed E-state index contributed by atoms with van der Waals surface area (Å²) in [6, 6.07) is 0.293. The third-order valence-electron chi connectivity index (χ3n) is 6.23. The molecule has 138 valence electrons. The van der Waals surface area contributed by atoms with E-state index in [9.17, 15) is 9.59 Å². The molecule has 0 spiro atoms. The third kappa shape index (κ3) is 4.95. The molecule has 0 aromatic heterocycles. The van der Waals surface area contributed by atoms with E-state index < -0.39 is 5.97 Å². The van der Waals surface area contributed by atoms with Gasteiger partial charge in [0.15, 0.2) is 0 Å². The summed E-state index contributed by atoms with van der Waals surface area (Å²) in [7, 11) is 0. The number of carbonyl (C=O) groups is 2. The molecular formula is C19H34N2O3. The zero-order valence-electron chi connectivity index (χ0n) is 15.6. The number of carboxylic acids is 1. The molecule has 1 saturated heterocycles. The number of aliphatic carboxylic acids is 1. The van der Waals surface area contributed by atoms with Crippen LogP contribution in [0.4, 0.5) is 0 Å². The molecule has 0 aromatic rings. The van der Waals surface area contributed by atoms with Gasteiger partial charge in [0.1, 0.15) is 0 Å². The highest BCUT2D eigenvalue weighted by molar-refractivity contribution is 5.76. The van der Waals surface area contributed by atoms with Crippen molar-refractivity contribution in [3.63, 3.8) is 0 Å². The van der Waals surface area contributed by atoms with E-state index in [-0.39, 0.29) is 12.0 Å². The minimum Gasteiger partial charge on any atom is -0.480 e. The maximum atomic E-state index is 12.7. The van der Waals surface area contributed by atoms with E-state index in [1.54, 1.807) is 0 Å². The highest BCUT2D eigenvalue weighted by Crippen LogP contribution is 2.42. The first-order chi connectivity index (χ1) is 11.3. The monoisotopic (exact) mass is 338 g/mol. The van der Waals surface area contributed by atoms with E-state index in [4.69, 9.17) is 5.11 Å². The quantitative estimate of drug-likeness (QED) is 0.809. The smallest absolute Gasteiger partial charge is 0.317 e. The number of likely N-dealkylation sites (N-methyl/N-ethyl adjacent to an activating group) is 1. The summed E-state index contributed by atoms with van der Waals surface area (Å²) in [6.45, 7) is 9.01. The lowest BCUT2D eigenvalue weighted by Crippen LogP contribution is -2.48. The van der Waals surface area contributed by atoms with Crippen molar-refractivity contribution < 1.29 is 14.7 Å². The number of likely N-dealkylation sites (tertiary alicyclic amines) is 1. The summed E-state index contributed by atoms with van der Waals surface area (Å²) in [4.78, 5) is 27.7. The van der Waals surface area contributed by atoms with Gasteiger partial charge in [0.2, 0.25) is 5.91 Å². The zero-order chi connectivity index (χ0) is 17.7. The molecule has 1 unspecified atom stereocenters. The summed E-state index contributed by atoms with van der Waals surface area (Å²) in [5.74, 6) is 0.0419. The molecule has 0 radical (unpaired) electrons. The molecule has 0 aromatic carbocycles. The van der Waals surface area contributed by atoms with Crippen molar-refractivity contribution >= 4 is 11.9 Å². The fourth-order valence-electron chi connectivity index (χ4n) is 4.44. The van der Waals surface area contributed by atoms with Crippen LogP contribution < -0.4 is 0 Å². The van der Waals surface area contributed by atoms with Gasteiger partial charge in [-0.1, -0.05) is 33.6 Å². The number of amides is 1. The lowest BCUT2D eigenvalue weighted by molar-refractivity contribution is -0.140. The van der Waals surface area contributed by atoms with Crippen LogP contribution in [0.15, 0.2) is 0 Å². The highest BCUT2D eigenvalue weighted by Gasteiger charge is 2.35. The first kappa shape index (κ1) is 19.2. The minimum absolute atomic E-state index is 0.103. The number of hydrogen-bond donors (Lipinski definition) is 1. The molecule has 2 rings (SSSR count). The molecule has 1 saturated carbocycles. The number of hydrogen-bond acceptors (Lipinski definition) is 3. The van der Waals surface area contributed by atoms with Crippen LogP contribution in [-0.2, 0) is 9.59 Å². The normalized spacial score (nSPS) is 25.0. The Balaban J connectivity index is 1.83. The lowest BCUT2D eigenvalue weighted by atomic mass is 9.67. The Labute approximate surface area is 146 Å². The minimum atomic E-state index is -0.769. The standard InChI is InChI=1S/C19H34N2O3/c1-4-20(14-18(23)24)16-8-11-21(12-9-16)17(22)13-15-7-5-6-10-19(15,2)3/h15-16H,4-14H2,1-3H3,(H,23,24). The van der Waals surface area contributed by atoms with Gasteiger partial charge in [-0.2, -0.15) is 0 Å². The van der Waals surface area contributed by atoms with E-state index in [2.05, 4.69) is 13.8 Å². The van der Waals surface area contributed by atoms with Crippen LogP contribution in [0.25, 0.3) is 0 Å². The Bertz CT molecular complexity index is 442. The van der Waals surface area contributed by atoms with E-state index >= 15 is 0 Å². The molecule has 2 fully saturated rings. The summed E-state index contributed by atoms with van der Waals surface area (Å²) in [5, 5.41) is 9.01. The van der Waals surface area contributed by atoms with Gasteiger partial charge in [-0.15, -0.1) is 0 Å². The molecule has 5 nitrogen and oxygen atoms in total. The number of piperidine rings is 1. The predicted molar refractivity (Wildman–Crippen MR) is 94.8 cm³/mol. The second-order valence-electron chi connectivity index (χ2n) is 8.20. The number of carboxylic acid groups (broad SMARTS) is 1. The molecule has 24 heavy (non-hydrogen) atoms. The van der Waals surface area contributed by atoms with E-state index in [0.29, 0.717) is 24.3 Å². The Morgan fingerprint density at radius 1 is 1.17 bits per heavy atom. The van der Waals surface area contributed by atoms with Crippen LogP contribution in [0.3, 0.4) is 0 Å². The average Bonchev–Trinajstić information content (AvgIpc) is 2.54. The lowest BCUT2D eigenvalue weighted by Gasteiger charge is -2.41. The molecule has 1 amide bonds. The molecule has 1 atom stereocenters. The van der Waals surface area contributed by atoms with Gasteiger partial charge in [0, 0.05) is 25.6 Å². The molecule has 5 heteroatoms. The zero-order valence-corrected chi connectivity index (χ0v) is 15.6. The van der Waals surface area contributed by atoms with Crippen LogP contribution in [0.5, 0.6) is 0 Å². The Hall–Kier alpha value is -1.10. The highest BCUT2D eigenvalue weighted by atomic mass is 16.4. The van der Waals surface area contributed by atoms with E-state index in [0.717, 1.165) is 32.5 Å². The average molecular weight is 338 g/mol. The van der Waals surface area contributed by atoms with Crippen molar-refractivity contribution in [3.8, 4) is 0 Å². The first-order valence-electron chi connectivity index (χ1n) is 9.57. The van der Waals surface area contributed by atoms with Gasteiger partial charge in [0.05, 0.1) is 6.54 Å². The second-order valence-corrected chi connectivity index (χ2v) is 8.20. The van der Waals surface area contributed by atoms with Crippen molar-refractivity contribution in [2.45, 2.75) is 71.8 Å². The van der Waals surface area contributed by atoms with Crippen LogP contribution in [0, 0.1) is 11.3 Å². The fourth-order valence-corrected chi connectivity index (χ4v) is 4.44. The van der Waals surface area contributed by atoms with Crippen LogP contribution >= 0.6 is 0 Å². The molecule has 1 N–H and O–H groups in total. The van der Waals surface area contributed by atoms with Crippen molar-refractivity contribution in [3.05, 3.63) is 0 Å². The summed E-state index contributed by atoms with van der Waals surface area (Å²) in [5.41, 5.74) is 0.284. The van der Waals surface area contributed by atoms with Crippen molar-refractivity contribution in [2.24, 2.45) is 11.3 Å². The Morgan fingerprint density at radius 3 is 2.38 bits per heavy atom. The largest absolute Gasteiger partial charge is 0.480 e. The second kappa shape index (κ2) is 8.32. The fraction of sp³-hybridized carbons (Fsp3) is 0.895. The summed E-state index contributed by atoms with van der Waals surface area (Å²) in [6.07, 6.45) is 7.42. The van der Waals surface area contributed by atoms with Gasteiger partial charge in [0.25, 0.3) is 0 Å². The molecule has 1 heterocycles. The Morgan fingerprint density at radius 2 is 1.83 bits per heavy atom. The van der Waals surface area contributed by atoms with Gasteiger partial charge in [-0.3, -0.25) is 14.5 Å². The van der Waals surface area contributed by atoms with Crippen molar-refractivity contribution in [1.29, 1.82) is 0 Å². The van der Waals surface area contributed by atoms with Gasteiger partial charge in [-0.25, -0.2) is 0 Å². The SMILES string of the molecule is CCN(CC(=O)O)C1CCN(C(=O)CC2CCCCC2(C)C)CC1. The van der Waals surface area contributed by atoms with Crippen LogP contribution in [0.2, 0.25) is 0 Å². The molecule has 1 aliphatic carbocycles. The van der Waals surface area contributed by atoms with Gasteiger partial charge in [-0.05, 0) is 43.6 Å². The molecule has 2 aliphatic rings. The first-order valence-corrected chi connectivity index (χ1v) is 9.57. The third-order valence-corrected chi connectivity index (χ3v) is 6.23. The summed E-state index contributed by atoms with van der Waals surface area (Å²) >= 11 is 0. The summed E-state index contributed by atoms with van der Waals surface area (Å²) < 4.78 is 0. The maximum Gasteiger partial charge on any atom is 0.317 e. The predicted octanol–water partition coefficient (Wildman–Crippen LogP) is 2.99. The topological polar surface area (TPSA) is 60.9 Å². The molecular weight excluding hydrogens is 304 g/mol. The van der Waals surface area contributed by atoms with Crippen LogP contribution in [0.1, 0.15) is 65.7 Å².